The summed E-state index contributed by atoms with van der Waals surface area (Å²) in [7, 11) is 0. The first-order chi connectivity index (χ1) is 5.24. The van der Waals surface area contributed by atoms with Gasteiger partial charge in [-0.3, -0.25) is 4.98 Å². The topological polar surface area (TPSA) is 59.1 Å². The minimum Gasteiger partial charge on any atom is -0.394 e. The van der Waals surface area contributed by atoms with Crippen LogP contribution < -0.4 is 5.73 Å². The Bertz CT molecular complexity index is 247. The van der Waals surface area contributed by atoms with Gasteiger partial charge >= 0.3 is 0 Å². The number of aromatic nitrogens is 1. The van der Waals surface area contributed by atoms with E-state index >= 15 is 0 Å². The Labute approximate surface area is 94.1 Å². The fraction of sp³-hybridized carbons (Fsp3) is 0.286. The summed E-state index contributed by atoms with van der Waals surface area (Å²) < 4.78 is 0. The summed E-state index contributed by atoms with van der Waals surface area (Å²) in [6.07, 6.45) is 1.56. The van der Waals surface area contributed by atoms with Gasteiger partial charge in [0, 0.05) is 11.2 Å². The number of pyridine rings is 1. The molecular formula is C7H11Cl3N2O. The van der Waals surface area contributed by atoms with E-state index in [-0.39, 0.29) is 31.4 Å². The number of nitrogens with two attached hydrogens (primary N) is 1. The van der Waals surface area contributed by atoms with Gasteiger partial charge in [-0.05, 0) is 12.1 Å². The summed E-state index contributed by atoms with van der Waals surface area (Å²) in [5.74, 6) is 0. The molecule has 0 aliphatic rings. The molecule has 0 aliphatic heterocycles. The van der Waals surface area contributed by atoms with Crippen LogP contribution in [0.2, 0.25) is 5.02 Å². The molecule has 1 aromatic rings. The second-order valence-electron chi connectivity index (χ2n) is 2.19. The molecule has 13 heavy (non-hydrogen) atoms. The molecule has 0 amide bonds. The average molecular weight is 246 g/mol. The molecule has 0 aliphatic carbocycles. The van der Waals surface area contributed by atoms with Crippen molar-refractivity contribution in [2.24, 2.45) is 5.73 Å². The summed E-state index contributed by atoms with van der Waals surface area (Å²) in [5.41, 5.74) is 6.10. The Morgan fingerprint density at radius 2 is 2.15 bits per heavy atom. The summed E-state index contributed by atoms with van der Waals surface area (Å²) in [5, 5.41) is 9.25. The van der Waals surface area contributed by atoms with Gasteiger partial charge in [-0.15, -0.1) is 24.8 Å². The molecule has 3 nitrogen and oxygen atoms in total. The van der Waals surface area contributed by atoms with Crippen molar-refractivity contribution in [3.8, 4) is 0 Å². The average Bonchev–Trinajstić information content (AvgIpc) is 2.03. The van der Waals surface area contributed by atoms with Crippen LogP contribution in [0.4, 0.5) is 0 Å². The fourth-order valence-electron chi connectivity index (χ4n) is 0.717. The third-order valence-electron chi connectivity index (χ3n) is 1.32. The van der Waals surface area contributed by atoms with Crippen molar-refractivity contribution in [2.45, 2.75) is 6.04 Å². The number of aliphatic hydroxyl groups is 1. The van der Waals surface area contributed by atoms with Crippen molar-refractivity contribution in [1.29, 1.82) is 0 Å². The van der Waals surface area contributed by atoms with Crippen LogP contribution in [-0.4, -0.2) is 16.7 Å². The number of rotatable bonds is 2. The maximum atomic E-state index is 8.67. The van der Waals surface area contributed by atoms with E-state index in [0.717, 1.165) is 0 Å². The molecule has 0 bridgehead atoms. The molecule has 0 fully saturated rings. The van der Waals surface area contributed by atoms with E-state index in [4.69, 9.17) is 22.4 Å². The predicted octanol–water partition coefficient (Wildman–Crippen LogP) is 1.57. The van der Waals surface area contributed by atoms with Gasteiger partial charge in [-0.2, -0.15) is 0 Å². The van der Waals surface area contributed by atoms with Gasteiger partial charge in [0.05, 0.1) is 18.3 Å². The zero-order chi connectivity index (χ0) is 8.27. The van der Waals surface area contributed by atoms with Gasteiger partial charge < -0.3 is 10.8 Å². The fourth-order valence-corrected chi connectivity index (χ4v) is 0.886. The first-order valence-corrected chi connectivity index (χ1v) is 3.59. The minimum atomic E-state index is -0.436. The summed E-state index contributed by atoms with van der Waals surface area (Å²) in [6.45, 7) is -0.118. The Morgan fingerprint density at radius 1 is 1.54 bits per heavy atom. The van der Waals surface area contributed by atoms with Gasteiger partial charge in [0.25, 0.3) is 0 Å². The van der Waals surface area contributed by atoms with Crippen molar-refractivity contribution < 1.29 is 5.11 Å². The minimum absolute atomic E-state index is 0. The first-order valence-electron chi connectivity index (χ1n) is 3.22. The molecule has 1 atom stereocenters. The van der Waals surface area contributed by atoms with Crippen molar-refractivity contribution in [1.82, 2.24) is 4.98 Å². The van der Waals surface area contributed by atoms with Gasteiger partial charge in [-0.25, -0.2) is 0 Å². The zero-order valence-corrected chi connectivity index (χ0v) is 9.07. The van der Waals surface area contributed by atoms with Gasteiger partial charge in [-0.1, -0.05) is 11.6 Å². The lowest BCUT2D eigenvalue weighted by Crippen LogP contribution is -2.15. The first kappa shape index (κ1) is 15.4. The summed E-state index contributed by atoms with van der Waals surface area (Å²) in [6, 6.07) is 2.87. The molecule has 1 rings (SSSR count). The van der Waals surface area contributed by atoms with Crippen LogP contribution in [0.25, 0.3) is 0 Å². The lowest BCUT2D eigenvalue weighted by molar-refractivity contribution is 0.266. The van der Waals surface area contributed by atoms with E-state index in [1.165, 1.54) is 0 Å². The molecule has 0 saturated heterocycles. The standard InChI is InChI=1S/C7H9ClN2O.2ClH/c8-5-1-2-10-7(3-5)6(9)4-11;;/h1-3,6,11H,4,9H2;2*1H/t6-;;/m1../s1. The van der Waals surface area contributed by atoms with Crippen molar-refractivity contribution >= 4 is 36.4 Å². The highest BCUT2D eigenvalue weighted by atomic mass is 35.5. The van der Waals surface area contributed by atoms with Gasteiger partial charge in [0.2, 0.25) is 0 Å². The number of aliphatic hydroxyl groups excluding tert-OH is 1. The van der Waals surface area contributed by atoms with Crippen LogP contribution >= 0.6 is 36.4 Å². The molecule has 6 heteroatoms. The van der Waals surface area contributed by atoms with Crippen LogP contribution in [0.15, 0.2) is 18.3 Å². The Hall–Kier alpha value is -0.0600. The van der Waals surface area contributed by atoms with E-state index < -0.39 is 6.04 Å². The van der Waals surface area contributed by atoms with E-state index in [2.05, 4.69) is 4.98 Å². The number of hydrogen-bond donors (Lipinski definition) is 2. The number of hydrogen-bond acceptors (Lipinski definition) is 3. The van der Waals surface area contributed by atoms with Crippen molar-refractivity contribution in [3.05, 3.63) is 29.0 Å². The van der Waals surface area contributed by atoms with E-state index in [9.17, 15) is 0 Å². The van der Waals surface area contributed by atoms with Crippen LogP contribution in [-0.2, 0) is 0 Å². The number of nitrogens with zero attached hydrogens (tertiary/aromatic N) is 1. The molecule has 0 spiro atoms. The molecule has 0 radical (unpaired) electrons. The van der Waals surface area contributed by atoms with Crippen LogP contribution in [0.1, 0.15) is 11.7 Å². The van der Waals surface area contributed by atoms with Gasteiger partial charge in [0.1, 0.15) is 0 Å². The Kier molecular flexibility index (Phi) is 8.72. The molecule has 76 valence electrons. The summed E-state index contributed by atoms with van der Waals surface area (Å²) in [4.78, 5) is 3.94. The molecule has 3 N–H and O–H groups in total. The highest BCUT2D eigenvalue weighted by molar-refractivity contribution is 6.30. The van der Waals surface area contributed by atoms with Crippen LogP contribution in [0.3, 0.4) is 0 Å². The lowest BCUT2D eigenvalue weighted by Gasteiger charge is -2.06. The molecule has 0 unspecified atom stereocenters. The van der Waals surface area contributed by atoms with Gasteiger partial charge in [0.15, 0.2) is 0 Å². The summed E-state index contributed by atoms with van der Waals surface area (Å²) >= 11 is 5.67. The smallest absolute Gasteiger partial charge is 0.0705 e. The van der Waals surface area contributed by atoms with Crippen LogP contribution in [0.5, 0.6) is 0 Å². The molecule has 1 heterocycles. The normalized spacial score (nSPS) is 11.0. The SMILES string of the molecule is Cl.Cl.N[C@H](CO)c1cc(Cl)ccn1. The zero-order valence-electron chi connectivity index (χ0n) is 6.68. The maximum Gasteiger partial charge on any atom is 0.0705 e. The highest BCUT2D eigenvalue weighted by Crippen LogP contribution is 2.12. The third kappa shape index (κ3) is 4.64. The second kappa shape index (κ2) is 7.35. The van der Waals surface area contributed by atoms with Crippen molar-refractivity contribution in [3.63, 3.8) is 0 Å². The van der Waals surface area contributed by atoms with Crippen molar-refractivity contribution in [2.75, 3.05) is 6.61 Å². The Balaban J connectivity index is 0. The largest absolute Gasteiger partial charge is 0.394 e. The quantitative estimate of drug-likeness (QED) is 0.831. The van der Waals surface area contributed by atoms with Crippen LogP contribution in [0, 0.1) is 0 Å². The van der Waals surface area contributed by atoms with E-state index in [0.29, 0.717) is 10.7 Å². The highest BCUT2D eigenvalue weighted by Gasteiger charge is 2.04. The lowest BCUT2D eigenvalue weighted by atomic mass is 10.2. The molecule has 1 aromatic heterocycles. The molecule has 0 aromatic carbocycles. The number of halogens is 3. The molecular weight excluding hydrogens is 234 g/mol. The van der Waals surface area contributed by atoms with E-state index in [1.54, 1.807) is 18.3 Å². The second-order valence-corrected chi connectivity index (χ2v) is 2.62. The van der Waals surface area contributed by atoms with E-state index in [1.807, 2.05) is 0 Å². The maximum absolute atomic E-state index is 8.67. The Morgan fingerprint density at radius 3 is 2.62 bits per heavy atom. The molecule has 0 saturated carbocycles. The third-order valence-corrected chi connectivity index (χ3v) is 1.55. The predicted molar refractivity (Wildman–Crippen MR) is 57.8 cm³/mol. The monoisotopic (exact) mass is 244 g/mol.